The zero-order chi connectivity index (χ0) is 17.9. The van der Waals surface area contributed by atoms with Crippen molar-refractivity contribution >= 4 is 18.3 Å². The van der Waals surface area contributed by atoms with Crippen molar-refractivity contribution in [1.82, 2.24) is 20.4 Å². The van der Waals surface area contributed by atoms with Gasteiger partial charge in [0.05, 0.1) is 12.0 Å². The second-order valence-corrected chi connectivity index (χ2v) is 7.09. The van der Waals surface area contributed by atoms with Gasteiger partial charge in [-0.1, -0.05) is 11.6 Å². The number of amides is 1. The van der Waals surface area contributed by atoms with E-state index in [1.165, 1.54) is 12.1 Å². The average molecular weight is 395 g/mol. The number of hydrogen-bond donors (Lipinski definition) is 1. The van der Waals surface area contributed by atoms with Gasteiger partial charge in [-0.05, 0) is 56.5 Å². The van der Waals surface area contributed by atoms with Crippen molar-refractivity contribution < 1.29 is 13.7 Å². The van der Waals surface area contributed by atoms with Crippen LogP contribution in [0.4, 0.5) is 4.39 Å². The van der Waals surface area contributed by atoms with Crippen LogP contribution in [0.25, 0.3) is 11.4 Å². The SMILES string of the molecule is Cl.O=C(C1CCCCN1)N1CCC[C@H](c2nc(-c3ccc(F)cc3)no2)C1. The van der Waals surface area contributed by atoms with Crippen LogP contribution in [-0.4, -0.2) is 46.6 Å². The number of hydrogen-bond acceptors (Lipinski definition) is 5. The highest BCUT2D eigenvalue weighted by atomic mass is 35.5. The molecule has 2 aromatic rings. The van der Waals surface area contributed by atoms with Crippen molar-refractivity contribution in [2.75, 3.05) is 19.6 Å². The number of carbonyl (C=O) groups is 1. The van der Waals surface area contributed by atoms with E-state index in [2.05, 4.69) is 15.5 Å². The second kappa shape index (κ2) is 8.80. The first-order valence-corrected chi connectivity index (χ1v) is 9.32. The van der Waals surface area contributed by atoms with Crippen LogP contribution in [0.2, 0.25) is 0 Å². The van der Waals surface area contributed by atoms with E-state index in [4.69, 9.17) is 4.52 Å². The molecule has 0 bridgehead atoms. The predicted octanol–water partition coefficient (Wildman–Crippen LogP) is 3.15. The maximum atomic E-state index is 13.1. The first-order valence-electron chi connectivity index (χ1n) is 9.32. The Bertz CT molecular complexity index is 761. The van der Waals surface area contributed by atoms with Gasteiger partial charge in [-0.3, -0.25) is 4.79 Å². The Kier molecular flexibility index (Phi) is 6.44. The fourth-order valence-corrected chi connectivity index (χ4v) is 3.78. The molecule has 0 radical (unpaired) electrons. The molecule has 27 heavy (non-hydrogen) atoms. The normalized spacial score (nSPS) is 22.9. The number of piperidine rings is 2. The third kappa shape index (κ3) is 4.47. The Morgan fingerprint density at radius 1 is 1.19 bits per heavy atom. The number of rotatable bonds is 3. The van der Waals surface area contributed by atoms with Crippen LogP contribution < -0.4 is 5.32 Å². The van der Waals surface area contributed by atoms with E-state index in [-0.39, 0.29) is 36.1 Å². The number of halogens is 2. The quantitative estimate of drug-likeness (QED) is 0.865. The zero-order valence-corrected chi connectivity index (χ0v) is 15.9. The first kappa shape index (κ1) is 19.8. The van der Waals surface area contributed by atoms with E-state index in [1.54, 1.807) is 12.1 Å². The van der Waals surface area contributed by atoms with Crippen molar-refractivity contribution in [3.63, 3.8) is 0 Å². The minimum atomic E-state index is -0.296. The van der Waals surface area contributed by atoms with Crippen LogP contribution in [0.5, 0.6) is 0 Å². The van der Waals surface area contributed by atoms with Crippen molar-refractivity contribution in [3.05, 3.63) is 36.0 Å². The number of nitrogens with one attached hydrogen (secondary N) is 1. The van der Waals surface area contributed by atoms with E-state index < -0.39 is 0 Å². The molecular weight excluding hydrogens is 371 g/mol. The Morgan fingerprint density at radius 3 is 2.74 bits per heavy atom. The average Bonchev–Trinajstić information content (AvgIpc) is 3.19. The molecule has 1 unspecified atom stereocenters. The van der Waals surface area contributed by atoms with Gasteiger partial charge in [0.15, 0.2) is 0 Å². The van der Waals surface area contributed by atoms with Crippen molar-refractivity contribution in [3.8, 4) is 11.4 Å². The Hall–Kier alpha value is -1.99. The standard InChI is InChI=1S/C19H23FN4O2.ClH/c20-15-8-6-13(7-9-15)17-22-18(26-23-17)14-4-3-11-24(12-14)19(25)16-5-1-2-10-21-16;/h6-9,14,16,21H,1-5,10-12H2;1H/t14-,16?;/m0./s1. The van der Waals surface area contributed by atoms with Crippen molar-refractivity contribution in [2.45, 2.75) is 44.1 Å². The minimum Gasteiger partial charge on any atom is -0.341 e. The summed E-state index contributed by atoms with van der Waals surface area (Å²) >= 11 is 0. The minimum absolute atomic E-state index is 0. The highest BCUT2D eigenvalue weighted by Gasteiger charge is 2.32. The van der Waals surface area contributed by atoms with Crippen LogP contribution in [0, 0.1) is 5.82 Å². The molecule has 2 saturated heterocycles. The summed E-state index contributed by atoms with van der Waals surface area (Å²) < 4.78 is 18.5. The molecule has 2 atom stereocenters. The summed E-state index contributed by atoms with van der Waals surface area (Å²) in [7, 11) is 0. The van der Waals surface area contributed by atoms with Gasteiger partial charge in [-0.2, -0.15) is 4.98 Å². The smallest absolute Gasteiger partial charge is 0.239 e. The lowest BCUT2D eigenvalue weighted by Gasteiger charge is -2.35. The first-order chi connectivity index (χ1) is 12.7. The van der Waals surface area contributed by atoms with E-state index in [1.807, 2.05) is 4.90 Å². The molecule has 0 aliphatic carbocycles. The second-order valence-electron chi connectivity index (χ2n) is 7.09. The van der Waals surface area contributed by atoms with Crippen molar-refractivity contribution in [2.24, 2.45) is 0 Å². The summed E-state index contributed by atoms with van der Waals surface area (Å²) in [6.07, 6.45) is 5.01. The third-order valence-corrected chi connectivity index (χ3v) is 5.23. The van der Waals surface area contributed by atoms with Gasteiger partial charge in [0.1, 0.15) is 5.82 Å². The number of likely N-dealkylation sites (tertiary alicyclic amines) is 1. The molecule has 2 fully saturated rings. The fraction of sp³-hybridized carbons (Fsp3) is 0.526. The maximum Gasteiger partial charge on any atom is 0.239 e. The molecule has 2 aliphatic heterocycles. The topological polar surface area (TPSA) is 71.3 Å². The Labute approximate surface area is 163 Å². The molecular formula is C19H24ClFN4O2. The Balaban J connectivity index is 0.00000210. The summed E-state index contributed by atoms with van der Waals surface area (Å²) in [4.78, 5) is 19.2. The van der Waals surface area contributed by atoms with Crippen LogP contribution in [0.15, 0.2) is 28.8 Å². The van der Waals surface area contributed by atoms with Gasteiger partial charge in [-0.15, -0.1) is 12.4 Å². The van der Waals surface area contributed by atoms with E-state index in [0.717, 1.165) is 50.8 Å². The molecule has 1 N–H and O–H groups in total. The zero-order valence-electron chi connectivity index (χ0n) is 15.1. The molecule has 6 nitrogen and oxygen atoms in total. The van der Waals surface area contributed by atoms with Crippen LogP contribution in [0.3, 0.4) is 0 Å². The number of aromatic nitrogens is 2. The highest BCUT2D eigenvalue weighted by Crippen LogP contribution is 2.28. The van der Waals surface area contributed by atoms with Gasteiger partial charge < -0.3 is 14.7 Å². The van der Waals surface area contributed by atoms with Crippen molar-refractivity contribution in [1.29, 1.82) is 0 Å². The lowest BCUT2D eigenvalue weighted by Crippen LogP contribution is -2.51. The molecule has 8 heteroatoms. The van der Waals surface area contributed by atoms with Gasteiger partial charge in [0.2, 0.25) is 17.6 Å². The molecule has 1 aromatic carbocycles. The summed E-state index contributed by atoms with van der Waals surface area (Å²) in [6, 6.07) is 5.97. The summed E-state index contributed by atoms with van der Waals surface area (Å²) in [5.41, 5.74) is 0.719. The molecule has 0 spiro atoms. The van der Waals surface area contributed by atoms with Gasteiger partial charge in [-0.25, -0.2) is 4.39 Å². The fourth-order valence-electron chi connectivity index (χ4n) is 3.78. The van der Waals surface area contributed by atoms with Crippen LogP contribution in [-0.2, 0) is 4.79 Å². The number of carbonyl (C=O) groups excluding carboxylic acids is 1. The molecule has 3 heterocycles. The van der Waals surface area contributed by atoms with Gasteiger partial charge >= 0.3 is 0 Å². The van der Waals surface area contributed by atoms with Crippen LogP contribution >= 0.6 is 12.4 Å². The monoisotopic (exact) mass is 394 g/mol. The molecule has 146 valence electrons. The number of nitrogens with zero attached hydrogens (tertiary/aromatic N) is 3. The van der Waals surface area contributed by atoms with E-state index >= 15 is 0 Å². The lowest BCUT2D eigenvalue weighted by atomic mass is 9.96. The summed E-state index contributed by atoms with van der Waals surface area (Å²) in [6.45, 7) is 2.31. The van der Waals surface area contributed by atoms with E-state index in [0.29, 0.717) is 18.3 Å². The molecule has 1 aromatic heterocycles. The van der Waals surface area contributed by atoms with Gasteiger partial charge in [0.25, 0.3) is 0 Å². The highest BCUT2D eigenvalue weighted by molar-refractivity contribution is 5.85. The third-order valence-electron chi connectivity index (χ3n) is 5.23. The Morgan fingerprint density at radius 2 is 2.00 bits per heavy atom. The maximum absolute atomic E-state index is 13.1. The summed E-state index contributed by atoms with van der Waals surface area (Å²) in [5.74, 6) is 0.955. The lowest BCUT2D eigenvalue weighted by molar-refractivity contribution is -0.135. The predicted molar refractivity (Wildman–Crippen MR) is 101 cm³/mol. The number of benzene rings is 1. The van der Waals surface area contributed by atoms with Gasteiger partial charge in [0, 0.05) is 18.7 Å². The molecule has 0 saturated carbocycles. The van der Waals surface area contributed by atoms with Crippen LogP contribution in [0.1, 0.15) is 43.9 Å². The molecule has 1 amide bonds. The van der Waals surface area contributed by atoms with E-state index in [9.17, 15) is 9.18 Å². The molecule has 4 rings (SSSR count). The molecule has 2 aliphatic rings. The summed E-state index contributed by atoms with van der Waals surface area (Å²) in [5, 5.41) is 7.35. The largest absolute Gasteiger partial charge is 0.341 e.